The Morgan fingerprint density at radius 2 is 0.402 bits per heavy atom. The molecule has 2 aromatic heterocycles. The molecule has 6 aliphatic rings. The highest BCUT2D eigenvalue weighted by atomic mass is 32.2. The van der Waals surface area contributed by atoms with Gasteiger partial charge in [-0.3, -0.25) is 0 Å². The van der Waals surface area contributed by atoms with Crippen molar-refractivity contribution in [3.8, 4) is 0 Å². The first-order chi connectivity index (χ1) is 55.3. The Balaban J connectivity index is 0.820. The molecule has 0 saturated heterocycles. The average Bonchev–Trinajstić information content (AvgIpc) is 1.45. The molecule has 15 aromatic rings. The van der Waals surface area contributed by atoms with Gasteiger partial charge in [-0.25, -0.2) is 29.9 Å². The summed E-state index contributed by atoms with van der Waals surface area (Å²) in [6.45, 7) is 0. The van der Waals surface area contributed by atoms with Crippen LogP contribution in [-0.2, 0) is 0 Å². The Bertz CT molecular complexity index is 6460. The van der Waals surface area contributed by atoms with Crippen LogP contribution >= 0.6 is 94.1 Å². The van der Waals surface area contributed by atoms with Gasteiger partial charge in [0.2, 0.25) is 0 Å². The van der Waals surface area contributed by atoms with E-state index in [0.29, 0.717) is 34.6 Å². The van der Waals surface area contributed by atoms with E-state index in [1.165, 1.54) is 68.5 Å². The largest absolute Gasteiger partial charge is 0.331 e. The fourth-order valence-corrected chi connectivity index (χ4v) is 23.6. The van der Waals surface area contributed by atoms with Crippen molar-refractivity contribution in [2.75, 3.05) is 0 Å². The Hall–Kier alpha value is -10.5. The number of nitrogens with one attached hydrogen (secondary N) is 2. The third-order valence-corrected chi connectivity index (χ3v) is 29.8. The SMILES string of the molecule is C1=c2cc(Sc3ccccc3)c(Sc3ccccc3)cc2=CC2c3nc(nc4[nH]c(nc5nc(nc6[nH]c(n3)c3cc7cc(Sc8ccccc8)c(Sc8ccccc8)cc7cc63)C3C=c6cc(Sc7ccccc7)c(Sc7ccccc7)cc6=CC53)C3C=c5cc(Sc6ccccc6)c(Sc6ccccc6)cc5=CC43)C12. The number of H-pyrrole nitrogens is 2. The molecule has 8 nitrogen and oxygen atoms in total. The van der Waals surface area contributed by atoms with Crippen molar-refractivity contribution >= 4 is 163 Å². The van der Waals surface area contributed by atoms with Gasteiger partial charge >= 0.3 is 0 Å². The second kappa shape index (κ2) is 30.2. The van der Waals surface area contributed by atoms with Gasteiger partial charge in [0.15, 0.2) is 0 Å². The lowest BCUT2D eigenvalue weighted by atomic mass is 9.86. The predicted molar refractivity (Wildman–Crippen MR) is 463 cm³/mol. The van der Waals surface area contributed by atoms with Crippen molar-refractivity contribution in [3.05, 3.63) is 370 Å². The van der Waals surface area contributed by atoms with E-state index in [-0.39, 0.29) is 35.5 Å². The number of rotatable bonds is 16. The minimum Gasteiger partial charge on any atom is -0.331 e. The molecule has 536 valence electrons. The number of hydrogen-bond acceptors (Lipinski definition) is 14. The summed E-state index contributed by atoms with van der Waals surface area (Å²) in [6.07, 6.45) is 14.5. The number of fused-ring (bicyclic) bond motifs is 24. The molecule has 112 heavy (non-hydrogen) atoms. The summed E-state index contributed by atoms with van der Waals surface area (Å²) in [4.78, 5) is 61.7. The highest BCUT2D eigenvalue weighted by Gasteiger charge is 2.40. The molecule has 3 aliphatic carbocycles. The molecule has 2 N–H and O–H groups in total. The topological polar surface area (TPSA) is 109 Å². The lowest BCUT2D eigenvalue weighted by molar-refractivity contribution is 0.745. The third-order valence-electron chi connectivity index (χ3n) is 20.8. The zero-order chi connectivity index (χ0) is 74.0. The highest BCUT2D eigenvalue weighted by Crippen LogP contribution is 2.49. The summed E-state index contributed by atoms with van der Waals surface area (Å²) in [5.41, 5.74) is 1.33. The molecule has 0 fully saturated rings. The minimum absolute atomic E-state index is 0.247. The van der Waals surface area contributed by atoms with E-state index >= 15 is 0 Å². The van der Waals surface area contributed by atoms with Crippen LogP contribution in [0.2, 0.25) is 0 Å². The summed E-state index contributed by atoms with van der Waals surface area (Å²) in [6, 6.07) is 109. The smallest absolute Gasteiger partial charge is 0.141 e. The van der Waals surface area contributed by atoms with Crippen molar-refractivity contribution in [2.45, 2.75) is 114 Å². The molecular weight excluding hydrogens is 1520 g/mol. The Labute approximate surface area is 680 Å². The van der Waals surface area contributed by atoms with Gasteiger partial charge < -0.3 is 9.97 Å². The van der Waals surface area contributed by atoms with Crippen LogP contribution in [0, 0.1) is 0 Å². The van der Waals surface area contributed by atoms with Crippen molar-refractivity contribution in [1.82, 2.24) is 39.9 Å². The average molecular weight is 1590 g/mol. The van der Waals surface area contributed by atoms with Crippen LogP contribution in [-0.4, -0.2) is 39.9 Å². The summed E-state index contributed by atoms with van der Waals surface area (Å²) < 4.78 is 0. The Morgan fingerprint density at radius 3 is 0.634 bits per heavy atom. The lowest BCUT2D eigenvalue weighted by Crippen LogP contribution is -2.32. The Morgan fingerprint density at radius 1 is 0.196 bits per heavy atom. The third kappa shape index (κ3) is 14.1. The predicted octanol–water partition coefficient (Wildman–Crippen LogP) is 21.6. The second-order valence-corrected chi connectivity index (χ2v) is 37.0. The maximum atomic E-state index is 5.90. The zero-order valence-corrected chi connectivity index (χ0v) is 66.3. The molecule has 21 rings (SSSR count). The number of aromatic amines is 2. The van der Waals surface area contributed by atoms with Crippen LogP contribution in [0.1, 0.15) is 70.5 Å². The van der Waals surface area contributed by atoms with Gasteiger partial charge in [-0.2, -0.15) is 0 Å². The van der Waals surface area contributed by atoms with Crippen LogP contribution in [0.4, 0.5) is 0 Å². The van der Waals surface area contributed by atoms with Gasteiger partial charge in [-0.1, -0.05) is 276 Å². The highest BCUT2D eigenvalue weighted by molar-refractivity contribution is 8.03. The van der Waals surface area contributed by atoms with Crippen LogP contribution in [0.3, 0.4) is 0 Å². The maximum Gasteiger partial charge on any atom is 0.141 e. The van der Waals surface area contributed by atoms with Crippen molar-refractivity contribution in [2.24, 2.45) is 0 Å². The van der Waals surface area contributed by atoms with Gasteiger partial charge in [0, 0.05) is 101 Å². The molecule has 5 heterocycles. The zero-order valence-electron chi connectivity index (χ0n) is 59.7. The summed E-state index contributed by atoms with van der Waals surface area (Å²) >= 11 is 14.3. The first-order valence-electron chi connectivity index (χ1n) is 37.2. The number of aromatic nitrogens is 8. The fraction of sp³-hybridized carbons (Fsp3) is 0.0625. The molecular formula is C96H64N8S8. The standard InChI is InChI=1S/C96H64N8S8/c1-9-25-65(26-10-1)105-81-49-57-41-73-74(42-58(57)50-82(81)106-66-27-11-2-12-28-66)90-97-89(73)101-91-75-43-59-51-83(107-67-29-13-3-14-30-67)84(108-68-31-15-4-16-32-68)52-60(59)44-76(75)93(98-91)103-95-79-47-63-55-87(111-71-37-21-7-22-38-71)88(112-72-39-23-8-24-40-72)56-64(63)48-80(79)96(100-95)104-94-78-46-62-54-86(110-70-35-19-6-20-36-70)85(109-69-33-17-5-18-34-69)53-61(62)45-77(78)92(99-94)102-90/h1-56,73-78,100H,(H,97,98,99,101,102,103,104). The maximum absolute atomic E-state index is 5.90. The van der Waals surface area contributed by atoms with E-state index in [0.717, 1.165) is 74.3 Å². The van der Waals surface area contributed by atoms with Gasteiger partial charge in [0.05, 0.1) is 23.7 Å². The molecule has 3 aliphatic heterocycles. The number of benzene rings is 13. The monoisotopic (exact) mass is 1580 g/mol. The van der Waals surface area contributed by atoms with Crippen LogP contribution in [0.15, 0.2) is 382 Å². The lowest BCUT2D eigenvalue weighted by Gasteiger charge is -2.20. The van der Waals surface area contributed by atoms with E-state index in [1.54, 1.807) is 94.1 Å². The summed E-state index contributed by atoms with van der Waals surface area (Å²) in [7, 11) is 0. The minimum atomic E-state index is -0.290. The summed E-state index contributed by atoms with van der Waals surface area (Å²) in [5, 5.41) is 10.8. The molecule has 6 unspecified atom stereocenters. The molecule has 8 bridgehead atoms. The van der Waals surface area contributed by atoms with Gasteiger partial charge in [0.1, 0.15) is 46.2 Å². The molecule has 0 spiro atoms. The number of hydrogen-bond donors (Lipinski definition) is 2. The normalized spacial score (nSPS) is 17.1. The van der Waals surface area contributed by atoms with E-state index in [2.05, 4.69) is 350 Å². The van der Waals surface area contributed by atoms with Crippen molar-refractivity contribution in [1.29, 1.82) is 0 Å². The fourth-order valence-electron chi connectivity index (χ4n) is 15.5. The first kappa shape index (κ1) is 69.4. The molecule has 6 atom stereocenters. The van der Waals surface area contributed by atoms with Gasteiger partial charge in [-0.15, -0.1) is 0 Å². The molecule has 0 saturated carbocycles. The molecule has 16 heteroatoms. The molecule has 13 aromatic carbocycles. The van der Waals surface area contributed by atoms with Crippen molar-refractivity contribution < 1.29 is 0 Å². The van der Waals surface area contributed by atoms with E-state index < -0.39 is 0 Å². The van der Waals surface area contributed by atoms with E-state index in [9.17, 15) is 0 Å². The summed E-state index contributed by atoms with van der Waals surface area (Å²) in [5.74, 6) is 2.60. The van der Waals surface area contributed by atoms with Crippen molar-refractivity contribution in [3.63, 3.8) is 0 Å². The van der Waals surface area contributed by atoms with E-state index in [4.69, 9.17) is 29.9 Å². The molecule has 0 amide bonds. The van der Waals surface area contributed by atoms with Crippen LogP contribution < -0.4 is 31.3 Å². The van der Waals surface area contributed by atoms with E-state index in [1.807, 2.05) is 0 Å². The van der Waals surface area contributed by atoms with Crippen LogP contribution in [0.5, 0.6) is 0 Å². The first-order valence-corrected chi connectivity index (χ1v) is 43.8. The van der Waals surface area contributed by atoms with Gasteiger partial charge in [-0.05, 0) is 200 Å². The number of nitrogens with zero attached hydrogens (tertiary/aromatic N) is 6. The Kier molecular flexibility index (Phi) is 18.7. The quantitative estimate of drug-likeness (QED) is 0.0958. The second-order valence-electron chi connectivity index (χ2n) is 28.1. The molecule has 0 radical (unpaired) electrons. The van der Waals surface area contributed by atoms with Crippen LogP contribution in [0.25, 0.3) is 69.3 Å². The van der Waals surface area contributed by atoms with Gasteiger partial charge in [0.25, 0.3) is 0 Å².